The van der Waals surface area contributed by atoms with Gasteiger partial charge in [0.2, 0.25) is 0 Å². The fourth-order valence-corrected chi connectivity index (χ4v) is 2.58. The number of carbonyl (C=O) groups is 1. The average Bonchev–Trinajstić information content (AvgIpc) is 2.50. The van der Waals surface area contributed by atoms with Crippen molar-refractivity contribution in [3.8, 4) is 5.75 Å². The zero-order valence-electron chi connectivity index (χ0n) is 13.8. The Kier molecular flexibility index (Phi) is 7.39. The lowest BCUT2D eigenvalue weighted by Gasteiger charge is -2.23. The Morgan fingerprint density at radius 2 is 1.91 bits per heavy atom. The van der Waals surface area contributed by atoms with Crippen LogP contribution in [0.25, 0.3) is 0 Å². The van der Waals surface area contributed by atoms with Crippen LogP contribution in [0, 0.1) is 5.41 Å². The minimum atomic E-state index is -0.525. The molecule has 0 heterocycles. The molecule has 0 saturated carbocycles. The summed E-state index contributed by atoms with van der Waals surface area (Å²) in [5.41, 5.74) is 0.698. The normalized spacial score (nSPS) is 12.9. The molecule has 0 radical (unpaired) electrons. The third-order valence-electron chi connectivity index (χ3n) is 4.09. The van der Waals surface area contributed by atoms with Gasteiger partial charge in [-0.1, -0.05) is 25.5 Å². The molecule has 2 N–H and O–H groups in total. The molecule has 4 heteroatoms. The molecule has 1 unspecified atom stereocenters. The molecule has 4 nitrogen and oxygen atoms in total. The van der Waals surface area contributed by atoms with E-state index in [4.69, 9.17) is 9.84 Å². The molecule has 0 amide bonds. The van der Waals surface area contributed by atoms with Crippen LogP contribution < -0.4 is 0 Å². The van der Waals surface area contributed by atoms with E-state index in [9.17, 15) is 9.90 Å². The number of aromatic hydroxyl groups is 1. The first-order chi connectivity index (χ1) is 10.4. The molecule has 1 aromatic rings. The predicted molar refractivity (Wildman–Crippen MR) is 86.8 cm³/mol. The van der Waals surface area contributed by atoms with Crippen molar-refractivity contribution in [2.24, 2.45) is 5.41 Å². The molecule has 1 aromatic carbocycles. The molecular formula is C18H28O4. The molecule has 124 valence electrons. The van der Waals surface area contributed by atoms with E-state index in [1.54, 1.807) is 12.1 Å². The van der Waals surface area contributed by atoms with Gasteiger partial charge in [-0.2, -0.15) is 0 Å². The molecule has 0 saturated heterocycles. The number of carbonyl (C=O) groups excluding carboxylic acids is 1. The zero-order chi connectivity index (χ0) is 16.6. The molecule has 0 spiro atoms. The van der Waals surface area contributed by atoms with E-state index in [-0.39, 0.29) is 24.9 Å². The van der Waals surface area contributed by atoms with E-state index >= 15 is 0 Å². The van der Waals surface area contributed by atoms with Crippen molar-refractivity contribution in [1.29, 1.82) is 0 Å². The first-order valence-electron chi connectivity index (χ1n) is 7.97. The van der Waals surface area contributed by atoms with Crippen molar-refractivity contribution in [2.75, 3.05) is 13.2 Å². The lowest BCUT2D eigenvalue weighted by molar-refractivity contribution is -0.155. The Morgan fingerprint density at radius 3 is 2.45 bits per heavy atom. The largest absolute Gasteiger partial charge is 0.508 e. The van der Waals surface area contributed by atoms with E-state index in [1.165, 1.54) is 5.56 Å². The number of esters is 1. The topological polar surface area (TPSA) is 66.8 Å². The maximum atomic E-state index is 11.9. The lowest BCUT2D eigenvalue weighted by Crippen LogP contribution is -2.27. The first kappa shape index (κ1) is 18.5. The van der Waals surface area contributed by atoms with Crippen LogP contribution >= 0.6 is 0 Å². The van der Waals surface area contributed by atoms with Crippen LogP contribution in [-0.2, 0) is 9.53 Å². The zero-order valence-corrected chi connectivity index (χ0v) is 13.8. The Bertz CT molecular complexity index is 451. The van der Waals surface area contributed by atoms with Crippen molar-refractivity contribution in [1.82, 2.24) is 0 Å². The van der Waals surface area contributed by atoms with E-state index in [0.717, 1.165) is 25.7 Å². The summed E-state index contributed by atoms with van der Waals surface area (Å²) in [6, 6.07) is 7.36. The quantitative estimate of drug-likeness (QED) is 0.684. The molecule has 0 aliphatic carbocycles. The van der Waals surface area contributed by atoms with Crippen molar-refractivity contribution in [2.45, 2.75) is 52.4 Å². The number of ether oxygens (including phenoxy) is 1. The second kappa shape index (κ2) is 8.79. The molecule has 0 bridgehead atoms. The summed E-state index contributed by atoms with van der Waals surface area (Å²) < 4.78 is 5.02. The van der Waals surface area contributed by atoms with E-state index in [0.29, 0.717) is 5.92 Å². The number of hydrogen-bond acceptors (Lipinski definition) is 4. The molecule has 0 aromatic heterocycles. The van der Waals surface area contributed by atoms with Gasteiger partial charge in [0.15, 0.2) is 0 Å². The second-order valence-electron chi connectivity index (χ2n) is 6.33. The molecule has 1 rings (SSSR count). The van der Waals surface area contributed by atoms with Gasteiger partial charge in [-0.05, 0) is 56.7 Å². The Labute approximate surface area is 133 Å². The molecule has 0 fully saturated rings. The highest BCUT2D eigenvalue weighted by molar-refractivity contribution is 5.75. The van der Waals surface area contributed by atoms with Crippen LogP contribution in [0.3, 0.4) is 0 Å². The monoisotopic (exact) mass is 308 g/mol. The van der Waals surface area contributed by atoms with Gasteiger partial charge >= 0.3 is 5.97 Å². The van der Waals surface area contributed by atoms with Crippen LogP contribution in [-0.4, -0.2) is 29.4 Å². The molecule has 1 atom stereocenters. The fraction of sp³-hybridized carbons (Fsp3) is 0.611. The number of phenols is 1. The minimum absolute atomic E-state index is 0.0629. The summed E-state index contributed by atoms with van der Waals surface area (Å²) in [7, 11) is 0. The predicted octanol–water partition coefficient (Wildman–Crippen LogP) is 3.62. The third-order valence-corrected chi connectivity index (χ3v) is 4.09. The number of rotatable bonds is 9. The smallest absolute Gasteiger partial charge is 0.311 e. The molecular weight excluding hydrogens is 280 g/mol. The number of aliphatic hydroxyl groups excluding tert-OH is 1. The molecule has 0 aliphatic rings. The van der Waals surface area contributed by atoms with Gasteiger partial charge in [0.25, 0.3) is 0 Å². The number of benzene rings is 1. The summed E-state index contributed by atoms with van der Waals surface area (Å²) in [6.07, 6.45) is 3.71. The summed E-state index contributed by atoms with van der Waals surface area (Å²) in [6.45, 7) is 5.84. The van der Waals surface area contributed by atoms with Gasteiger partial charge in [0.1, 0.15) is 12.4 Å². The van der Waals surface area contributed by atoms with Gasteiger partial charge < -0.3 is 14.9 Å². The van der Waals surface area contributed by atoms with Gasteiger partial charge in [-0.15, -0.1) is 0 Å². The highest BCUT2D eigenvalue weighted by Gasteiger charge is 2.29. The van der Waals surface area contributed by atoms with Crippen molar-refractivity contribution in [3.05, 3.63) is 29.8 Å². The Balaban J connectivity index is 2.49. The van der Waals surface area contributed by atoms with Crippen LogP contribution in [0.1, 0.15) is 57.9 Å². The average molecular weight is 308 g/mol. The number of phenolic OH excluding ortho intramolecular Hbond substituents is 1. The number of hydrogen-bond donors (Lipinski definition) is 2. The van der Waals surface area contributed by atoms with Crippen molar-refractivity contribution < 1.29 is 19.7 Å². The van der Waals surface area contributed by atoms with Gasteiger partial charge in [0, 0.05) is 0 Å². The van der Waals surface area contributed by atoms with Crippen LogP contribution in [0.5, 0.6) is 5.75 Å². The van der Waals surface area contributed by atoms with Crippen LogP contribution in [0.4, 0.5) is 0 Å². The Morgan fingerprint density at radius 1 is 1.27 bits per heavy atom. The summed E-state index contributed by atoms with van der Waals surface area (Å²) in [5.74, 6) is 0.468. The third kappa shape index (κ3) is 5.68. The standard InChI is InChI=1S/C18H28O4/c1-4-14(15-7-9-16(20)10-8-15)6-5-11-18(2,3)17(21)22-13-12-19/h7-10,14,19-20H,4-6,11-13H2,1-3H3. The number of aliphatic hydroxyl groups is 1. The molecule has 22 heavy (non-hydrogen) atoms. The molecule has 0 aliphatic heterocycles. The summed E-state index contributed by atoms with van der Waals surface area (Å²) >= 11 is 0. The van der Waals surface area contributed by atoms with E-state index in [2.05, 4.69) is 6.92 Å². The van der Waals surface area contributed by atoms with Gasteiger partial charge in [-0.3, -0.25) is 4.79 Å². The second-order valence-corrected chi connectivity index (χ2v) is 6.33. The maximum Gasteiger partial charge on any atom is 0.311 e. The Hall–Kier alpha value is -1.55. The van der Waals surface area contributed by atoms with Gasteiger partial charge in [0.05, 0.1) is 12.0 Å². The van der Waals surface area contributed by atoms with Crippen LogP contribution in [0.2, 0.25) is 0 Å². The lowest BCUT2D eigenvalue weighted by atomic mass is 9.84. The SMILES string of the molecule is CCC(CCCC(C)(C)C(=O)OCCO)c1ccc(O)cc1. The fourth-order valence-electron chi connectivity index (χ4n) is 2.58. The van der Waals surface area contributed by atoms with Crippen molar-refractivity contribution in [3.63, 3.8) is 0 Å². The van der Waals surface area contributed by atoms with Crippen LogP contribution in [0.15, 0.2) is 24.3 Å². The highest BCUT2D eigenvalue weighted by Crippen LogP contribution is 2.31. The minimum Gasteiger partial charge on any atom is -0.508 e. The summed E-state index contributed by atoms with van der Waals surface area (Å²) in [4.78, 5) is 11.9. The maximum absolute atomic E-state index is 11.9. The van der Waals surface area contributed by atoms with Crippen molar-refractivity contribution >= 4 is 5.97 Å². The summed E-state index contributed by atoms with van der Waals surface area (Å²) in [5, 5.41) is 18.1. The highest BCUT2D eigenvalue weighted by atomic mass is 16.5. The first-order valence-corrected chi connectivity index (χ1v) is 7.97. The van der Waals surface area contributed by atoms with Gasteiger partial charge in [-0.25, -0.2) is 0 Å². The van der Waals surface area contributed by atoms with E-state index in [1.807, 2.05) is 26.0 Å². The van der Waals surface area contributed by atoms with E-state index < -0.39 is 5.41 Å².